The molecule has 0 spiro atoms. The molecule has 0 fully saturated rings. The zero-order valence-electron chi connectivity index (χ0n) is 10.4. The molecule has 0 saturated heterocycles. The zero-order valence-corrected chi connectivity index (χ0v) is 10.4. The van der Waals surface area contributed by atoms with Crippen molar-refractivity contribution in [3.63, 3.8) is 0 Å². The molecule has 5 heteroatoms. The smallest absolute Gasteiger partial charge is 0.241 e. The van der Waals surface area contributed by atoms with Crippen molar-refractivity contribution in [2.75, 3.05) is 5.32 Å². The maximum atomic E-state index is 11.3. The third-order valence-corrected chi connectivity index (χ3v) is 2.88. The van der Waals surface area contributed by atoms with Gasteiger partial charge in [0.25, 0.3) is 0 Å². The molecule has 0 aromatic heterocycles. The standard InChI is InChI=1S/C13H15N3O2/c1-8-12(7-13(18)16-15-8)10-3-5-11(6-4-10)14-9(2)17/h3-6,12H,7H2,1-2H3,(H,14,17)(H,16,18). The van der Waals surface area contributed by atoms with Crippen LogP contribution in [0.4, 0.5) is 5.69 Å². The SMILES string of the molecule is CC(=O)Nc1ccc(C2CC(=O)NN=C2C)cc1. The second kappa shape index (κ2) is 5.00. The number of carbonyl (C=O) groups is 2. The molecule has 0 bridgehead atoms. The van der Waals surface area contributed by atoms with Gasteiger partial charge < -0.3 is 5.32 Å². The Morgan fingerprint density at radius 2 is 2.06 bits per heavy atom. The third-order valence-electron chi connectivity index (χ3n) is 2.88. The summed E-state index contributed by atoms with van der Waals surface area (Å²) in [6.07, 6.45) is 0.412. The summed E-state index contributed by atoms with van der Waals surface area (Å²) in [5, 5.41) is 6.69. The Morgan fingerprint density at radius 3 is 2.67 bits per heavy atom. The van der Waals surface area contributed by atoms with E-state index in [9.17, 15) is 9.59 Å². The maximum Gasteiger partial charge on any atom is 0.241 e. The molecule has 2 N–H and O–H groups in total. The normalized spacial score (nSPS) is 18.9. The predicted molar refractivity (Wildman–Crippen MR) is 69.4 cm³/mol. The van der Waals surface area contributed by atoms with Crippen LogP contribution in [0.15, 0.2) is 29.4 Å². The van der Waals surface area contributed by atoms with Crippen LogP contribution in [-0.4, -0.2) is 17.5 Å². The number of carbonyl (C=O) groups excluding carboxylic acids is 2. The first-order valence-electron chi connectivity index (χ1n) is 5.77. The molecule has 2 rings (SSSR count). The summed E-state index contributed by atoms with van der Waals surface area (Å²) in [5.74, 6) is -0.154. The number of hydrazone groups is 1. The van der Waals surface area contributed by atoms with Crippen LogP contribution >= 0.6 is 0 Å². The Hall–Kier alpha value is -2.17. The Labute approximate surface area is 105 Å². The van der Waals surface area contributed by atoms with E-state index in [1.165, 1.54) is 6.92 Å². The van der Waals surface area contributed by atoms with Gasteiger partial charge in [0, 0.05) is 30.7 Å². The minimum absolute atomic E-state index is 0.0186. The van der Waals surface area contributed by atoms with E-state index in [0.29, 0.717) is 6.42 Å². The summed E-state index contributed by atoms with van der Waals surface area (Å²) in [4.78, 5) is 22.2. The average Bonchev–Trinajstić information content (AvgIpc) is 2.33. The molecule has 2 amide bonds. The first-order valence-corrected chi connectivity index (χ1v) is 5.77. The summed E-state index contributed by atoms with van der Waals surface area (Å²) < 4.78 is 0. The highest BCUT2D eigenvalue weighted by Crippen LogP contribution is 2.25. The quantitative estimate of drug-likeness (QED) is 0.831. The molecular formula is C13H15N3O2. The van der Waals surface area contributed by atoms with Crippen LogP contribution in [-0.2, 0) is 9.59 Å². The van der Waals surface area contributed by atoms with Gasteiger partial charge in [0.2, 0.25) is 11.8 Å². The molecule has 1 aliphatic rings. The molecule has 18 heavy (non-hydrogen) atoms. The van der Waals surface area contributed by atoms with Gasteiger partial charge in [-0.15, -0.1) is 0 Å². The van der Waals surface area contributed by atoms with Gasteiger partial charge in [-0.3, -0.25) is 9.59 Å². The van der Waals surface area contributed by atoms with Gasteiger partial charge in [0.1, 0.15) is 0 Å². The molecule has 1 heterocycles. The molecule has 1 unspecified atom stereocenters. The van der Waals surface area contributed by atoms with Gasteiger partial charge in [-0.2, -0.15) is 5.10 Å². The van der Waals surface area contributed by atoms with Crippen molar-refractivity contribution >= 4 is 23.2 Å². The van der Waals surface area contributed by atoms with Crippen LogP contribution in [0.2, 0.25) is 0 Å². The summed E-state index contributed by atoms with van der Waals surface area (Å²) in [6.45, 7) is 3.36. The van der Waals surface area contributed by atoms with E-state index in [2.05, 4.69) is 15.8 Å². The predicted octanol–water partition coefficient (Wildman–Crippen LogP) is 1.62. The van der Waals surface area contributed by atoms with E-state index in [4.69, 9.17) is 0 Å². The first kappa shape index (κ1) is 12.3. The van der Waals surface area contributed by atoms with Crippen LogP contribution in [0.5, 0.6) is 0 Å². The van der Waals surface area contributed by atoms with Crippen molar-refractivity contribution < 1.29 is 9.59 Å². The number of hydrogen-bond acceptors (Lipinski definition) is 3. The third kappa shape index (κ3) is 2.74. The summed E-state index contributed by atoms with van der Waals surface area (Å²) >= 11 is 0. The van der Waals surface area contributed by atoms with Gasteiger partial charge in [-0.05, 0) is 24.6 Å². The van der Waals surface area contributed by atoms with E-state index in [1.807, 2.05) is 31.2 Å². The van der Waals surface area contributed by atoms with Crippen molar-refractivity contribution in [3.8, 4) is 0 Å². The largest absolute Gasteiger partial charge is 0.326 e. The Kier molecular flexibility index (Phi) is 3.41. The summed E-state index contributed by atoms with van der Waals surface area (Å²) in [5.41, 5.74) is 5.13. The van der Waals surface area contributed by atoms with Crippen LogP contribution in [0.1, 0.15) is 31.7 Å². The van der Waals surface area contributed by atoms with E-state index in [0.717, 1.165) is 17.0 Å². The fourth-order valence-electron chi connectivity index (χ4n) is 1.97. The van der Waals surface area contributed by atoms with Gasteiger partial charge in [0.15, 0.2) is 0 Å². The second-order valence-electron chi connectivity index (χ2n) is 4.35. The van der Waals surface area contributed by atoms with E-state index >= 15 is 0 Å². The van der Waals surface area contributed by atoms with Gasteiger partial charge in [-0.1, -0.05) is 12.1 Å². The number of benzene rings is 1. The van der Waals surface area contributed by atoms with Crippen molar-refractivity contribution in [2.45, 2.75) is 26.2 Å². The van der Waals surface area contributed by atoms with E-state index in [1.54, 1.807) is 0 Å². The fourth-order valence-corrected chi connectivity index (χ4v) is 1.97. The van der Waals surface area contributed by atoms with Crippen LogP contribution in [0, 0.1) is 0 Å². The molecular weight excluding hydrogens is 230 g/mol. The molecule has 1 atom stereocenters. The van der Waals surface area contributed by atoms with E-state index < -0.39 is 0 Å². The Balaban J connectivity index is 2.18. The molecule has 94 valence electrons. The minimum Gasteiger partial charge on any atom is -0.326 e. The first-order chi connectivity index (χ1) is 8.56. The topological polar surface area (TPSA) is 70.6 Å². The lowest BCUT2D eigenvalue weighted by molar-refractivity contribution is -0.121. The average molecular weight is 245 g/mol. The van der Waals surface area contributed by atoms with Crippen LogP contribution in [0.25, 0.3) is 0 Å². The minimum atomic E-state index is -0.0995. The second-order valence-corrected chi connectivity index (χ2v) is 4.35. The van der Waals surface area contributed by atoms with Crippen molar-refractivity contribution in [1.82, 2.24) is 5.43 Å². The highest BCUT2D eigenvalue weighted by atomic mass is 16.2. The molecule has 0 radical (unpaired) electrons. The Morgan fingerprint density at radius 1 is 1.39 bits per heavy atom. The number of nitrogens with one attached hydrogen (secondary N) is 2. The number of amides is 2. The van der Waals surface area contributed by atoms with Gasteiger partial charge in [0.05, 0.1) is 0 Å². The number of nitrogens with zero attached hydrogens (tertiary/aromatic N) is 1. The Bertz CT molecular complexity index is 505. The zero-order chi connectivity index (χ0) is 13.1. The van der Waals surface area contributed by atoms with Crippen molar-refractivity contribution in [1.29, 1.82) is 0 Å². The van der Waals surface area contributed by atoms with Gasteiger partial charge in [-0.25, -0.2) is 5.43 Å². The highest BCUT2D eigenvalue weighted by molar-refractivity contribution is 5.96. The van der Waals surface area contributed by atoms with Crippen molar-refractivity contribution in [2.24, 2.45) is 5.10 Å². The monoisotopic (exact) mass is 245 g/mol. The molecule has 1 aromatic carbocycles. The fraction of sp³-hybridized carbons (Fsp3) is 0.308. The van der Waals surface area contributed by atoms with Crippen LogP contribution < -0.4 is 10.7 Å². The lowest BCUT2D eigenvalue weighted by atomic mass is 9.90. The number of rotatable bonds is 2. The molecule has 0 aliphatic carbocycles. The molecule has 0 saturated carbocycles. The lowest BCUT2D eigenvalue weighted by Crippen LogP contribution is -2.30. The lowest BCUT2D eigenvalue weighted by Gasteiger charge is -2.20. The summed E-state index contributed by atoms with van der Waals surface area (Å²) in [6, 6.07) is 7.48. The molecule has 5 nitrogen and oxygen atoms in total. The highest BCUT2D eigenvalue weighted by Gasteiger charge is 2.22. The molecule has 1 aliphatic heterocycles. The number of hydrogen-bond donors (Lipinski definition) is 2. The van der Waals surface area contributed by atoms with Gasteiger partial charge >= 0.3 is 0 Å². The van der Waals surface area contributed by atoms with Crippen LogP contribution in [0.3, 0.4) is 0 Å². The van der Waals surface area contributed by atoms with Crippen molar-refractivity contribution in [3.05, 3.63) is 29.8 Å². The van der Waals surface area contributed by atoms with E-state index in [-0.39, 0.29) is 17.7 Å². The summed E-state index contributed by atoms with van der Waals surface area (Å²) in [7, 11) is 0. The molecule has 1 aromatic rings. The number of anilines is 1. The maximum absolute atomic E-state index is 11.3.